The Morgan fingerprint density at radius 3 is 2.20 bits per heavy atom. The molecule has 3 aromatic rings. The second-order valence-electron chi connectivity index (χ2n) is 4.07. The number of hydrogen-bond acceptors (Lipinski definition) is 2. The molecule has 0 saturated carbocycles. The van der Waals surface area contributed by atoms with Crippen molar-refractivity contribution in [1.82, 2.24) is 9.97 Å². The van der Waals surface area contributed by atoms with Crippen LogP contribution in [0.4, 0.5) is 8.78 Å². The number of benzene rings is 2. The highest BCUT2D eigenvalue weighted by atomic mass is 35.5. The average Bonchev–Trinajstić information content (AvgIpc) is 2.40. The number of hydrogen-bond donors (Lipinski definition) is 0. The Morgan fingerprint density at radius 2 is 1.50 bits per heavy atom. The number of para-hydroxylation sites is 1. The first-order chi connectivity index (χ1) is 9.58. The zero-order chi connectivity index (χ0) is 14.3. The molecule has 0 N–H and O–H groups in total. The highest BCUT2D eigenvalue weighted by molar-refractivity contribution is 6.38. The predicted molar refractivity (Wildman–Crippen MR) is 74.9 cm³/mol. The maximum atomic E-state index is 13.8. The van der Waals surface area contributed by atoms with Crippen LogP contribution in [0.3, 0.4) is 0 Å². The molecule has 100 valence electrons. The van der Waals surface area contributed by atoms with E-state index in [2.05, 4.69) is 9.97 Å². The van der Waals surface area contributed by atoms with E-state index in [9.17, 15) is 8.78 Å². The summed E-state index contributed by atoms with van der Waals surface area (Å²) < 4.78 is 27.5. The normalized spacial score (nSPS) is 11.0. The van der Waals surface area contributed by atoms with Crippen LogP contribution < -0.4 is 0 Å². The third kappa shape index (κ3) is 2.11. The average molecular weight is 311 g/mol. The maximum absolute atomic E-state index is 13.8. The van der Waals surface area contributed by atoms with E-state index in [0.29, 0.717) is 15.9 Å². The minimum absolute atomic E-state index is 0.0927. The number of halogens is 4. The standard InChI is InChI=1S/C14H6Cl2F2N2/c15-8-4-1-3-7-12(8)19-14(20-13(7)16)11-9(17)5-2-6-10(11)18/h1-6H. The molecular weight excluding hydrogens is 305 g/mol. The molecule has 0 unspecified atom stereocenters. The number of nitrogens with zero attached hydrogens (tertiary/aromatic N) is 2. The molecule has 0 radical (unpaired) electrons. The minimum atomic E-state index is -0.757. The van der Waals surface area contributed by atoms with E-state index < -0.39 is 11.6 Å². The lowest BCUT2D eigenvalue weighted by Crippen LogP contribution is -1.97. The quantitative estimate of drug-likeness (QED) is 0.598. The maximum Gasteiger partial charge on any atom is 0.167 e. The monoisotopic (exact) mass is 310 g/mol. The number of aromatic nitrogens is 2. The van der Waals surface area contributed by atoms with Crippen molar-refractivity contribution in [3.8, 4) is 11.4 Å². The minimum Gasteiger partial charge on any atom is -0.226 e. The fraction of sp³-hybridized carbons (Fsp3) is 0. The predicted octanol–water partition coefficient (Wildman–Crippen LogP) is 4.88. The summed E-state index contributed by atoms with van der Waals surface area (Å²) in [7, 11) is 0. The van der Waals surface area contributed by atoms with E-state index in [4.69, 9.17) is 23.2 Å². The van der Waals surface area contributed by atoms with Gasteiger partial charge in [0, 0.05) is 5.39 Å². The Morgan fingerprint density at radius 1 is 0.850 bits per heavy atom. The molecule has 0 aliphatic heterocycles. The van der Waals surface area contributed by atoms with Crippen molar-refractivity contribution >= 4 is 34.1 Å². The molecule has 20 heavy (non-hydrogen) atoms. The van der Waals surface area contributed by atoms with E-state index in [-0.39, 0.29) is 16.5 Å². The van der Waals surface area contributed by atoms with Gasteiger partial charge in [-0.05, 0) is 24.3 Å². The Hall–Kier alpha value is -1.78. The summed E-state index contributed by atoms with van der Waals surface area (Å²) in [6.07, 6.45) is 0. The van der Waals surface area contributed by atoms with Crippen molar-refractivity contribution in [2.45, 2.75) is 0 Å². The Balaban J connectivity index is 2.36. The second-order valence-corrected chi connectivity index (χ2v) is 4.84. The molecular formula is C14H6Cl2F2N2. The van der Waals surface area contributed by atoms with Gasteiger partial charge < -0.3 is 0 Å². The summed E-state index contributed by atoms with van der Waals surface area (Å²) in [4.78, 5) is 8.07. The molecule has 0 aliphatic rings. The molecule has 1 heterocycles. The molecule has 0 aliphatic carbocycles. The van der Waals surface area contributed by atoms with Crippen LogP contribution in [-0.4, -0.2) is 9.97 Å². The van der Waals surface area contributed by atoms with Gasteiger partial charge in [0.25, 0.3) is 0 Å². The van der Waals surface area contributed by atoms with Crippen LogP contribution in [0.1, 0.15) is 0 Å². The van der Waals surface area contributed by atoms with Crippen LogP contribution in [0.2, 0.25) is 10.2 Å². The Bertz CT molecular complexity index is 801. The molecule has 2 aromatic carbocycles. The van der Waals surface area contributed by atoms with Crippen LogP contribution in [0.15, 0.2) is 36.4 Å². The van der Waals surface area contributed by atoms with Gasteiger partial charge >= 0.3 is 0 Å². The lowest BCUT2D eigenvalue weighted by Gasteiger charge is -2.07. The van der Waals surface area contributed by atoms with Crippen LogP contribution in [0, 0.1) is 11.6 Å². The van der Waals surface area contributed by atoms with Crippen LogP contribution in [0.5, 0.6) is 0 Å². The molecule has 0 spiro atoms. The van der Waals surface area contributed by atoms with Crippen molar-refractivity contribution in [3.63, 3.8) is 0 Å². The summed E-state index contributed by atoms with van der Waals surface area (Å²) in [5.74, 6) is -1.65. The third-order valence-corrected chi connectivity index (χ3v) is 3.41. The van der Waals surface area contributed by atoms with Crippen LogP contribution in [-0.2, 0) is 0 Å². The van der Waals surface area contributed by atoms with Crippen LogP contribution in [0.25, 0.3) is 22.3 Å². The molecule has 3 rings (SSSR count). The van der Waals surface area contributed by atoms with Gasteiger partial charge in [-0.2, -0.15) is 0 Å². The van der Waals surface area contributed by atoms with E-state index in [1.165, 1.54) is 6.07 Å². The van der Waals surface area contributed by atoms with Gasteiger partial charge in [-0.25, -0.2) is 18.7 Å². The van der Waals surface area contributed by atoms with Gasteiger partial charge in [-0.1, -0.05) is 35.3 Å². The lowest BCUT2D eigenvalue weighted by atomic mass is 10.1. The van der Waals surface area contributed by atoms with E-state index in [0.717, 1.165) is 12.1 Å². The largest absolute Gasteiger partial charge is 0.226 e. The Labute approximate surface area is 123 Å². The molecule has 0 fully saturated rings. The zero-order valence-corrected chi connectivity index (χ0v) is 11.4. The van der Waals surface area contributed by atoms with Crippen molar-refractivity contribution in [2.24, 2.45) is 0 Å². The van der Waals surface area contributed by atoms with Crippen LogP contribution >= 0.6 is 23.2 Å². The summed E-state index contributed by atoms with van der Waals surface area (Å²) >= 11 is 12.1. The highest BCUT2D eigenvalue weighted by Gasteiger charge is 2.16. The van der Waals surface area contributed by atoms with Crippen molar-refractivity contribution in [1.29, 1.82) is 0 Å². The fourth-order valence-corrected chi connectivity index (χ4v) is 2.35. The lowest BCUT2D eigenvalue weighted by molar-refractivity contribution is 0.587. The smallest absolute Gasteiger partial charge is 0.167 e. The Kier molecular flexibility index (Phi) is 3.28. The van der Waals surface area contributed by atoms with E-state index in [1.807, 2.05) is 0 Å². The summed E-state index contributed by atoms with van der Waals surface area (Å²) in [5, 5.41) is 0.958. The van der Waals surface area contributed by atoms with Crippen molar-refractivity contribution in [2.75, 3.05) is 0 Å². The first-order valence-electron chi connectivity index (χ1n) is 5.64. The fourth-order valence-electron chi connectivity index (χ4n) is 1.90. The summed E-state index contributed by atoms with van der Waals surface area (Å²) in [5.41, 5.74) is 0.0306. The van der Waals surface area contributed by atoms with Gasteiger partial charge in [-0.3, -0.25) is 0 Å². The molecule has 1 aromatic heterocycles. The molecule has 0 amide bonds. The van der Waals surface area contributed by atoms with Gasteiger partial charge in [0.15, 0.2) is 5.82 Å². The van der Waals surface area contributed by atoms with Crippen molar-refractivity contribution in [3.05, 3.63) is 58.2 Å². The van der Waals surface area contributed by atoms with Gasteiger partial charge in [0.1, 0.15) is 16.8 Å². The zero-order valence-electron chi connectivity index (χ0n) is 9.87. The molecule has 2 nitrogen and oxygen atoms in total. The highest BCUT2D eigenvalue weighted by Crippen LogP contribution is 2.30. The van der Waals surface area contributed by atoms with Gasteiger partial charge in [0.2, 0.25) is 0 Å². The third-order valence-electron chi connectivity index (χ3n) is 2.82. The molecule has 0 saturated heterocycles. The summed E-state index contributed by atoms with van der Waals surface area (Å²) in [6, 6.07) is 8.53. The topological polar surface area (TPSA) is 25.8 Å². The van der Waals surface area contributed by atoms with Gasteiger partial charge in [0.05, 0.1) is 16.1 Å². The van der Waals surface area contributed by atoms with Gasteiger partial charge in [-0.15, -0.1) is 0 Å². The number of fused-ring (bicyclic) bond motifs is 1. The summed E-state index contributed by atoms with van der Waals surface area (Å²) in [6.45, 7) is 0. The first kappa shape index (κ1) is 13.2. The second kappa shape index (κ2) is 4.96. The SMILES string of the molecule is Fc1cccc(F)c1-c1nc(Cl)c2cccc(Cl)c2n1. The molecule has 0 atom stereocenters. The number of rotatable bonds is 1. The van der Waals surface area contributed by atoms with E-state index in [1.54, 1.807) is 18.2 Å². The molecule has 6 heteroatoms. The van der Waals surface area contributed by atoms with Crippen molar-refractivity contribution < 1.29 is 8.78 Å². The van der Waals surface area contributed by atoms with E-state index >= 15 is 0 Å². The molecule has 0 bridgehead atoms. The first-order valence-corrected chi connectivity index (χ1v) is 6.39.